The van der Waals surface area contributed by atoms with Crippen molar-refractivity contribution in [2.24, 2.45) is 0 Å². The van der Waals surface area contributed by atoms with Gasteiger partial charge in [-0.3, -0.25) is 0 Å². The van der Waals surface area contributed by atoms with Crippen LogP contribution < -0.4 is 10.2 Å². The Labute approximate surface area is 99.9 Å². The molecule has 0 saturated heterocycles. The molecule has 0 fully saturated rings. The van der Waals surface area contributed by atoms with Gasteiger partial charge in [-0.05, 0) is 23.7 Å². The van der Waals surface area contributed by atoms with Gasteiger partial charge in [0.15, 0.2) is 0 Å². The Hall–Kier alpha value is -1.74. The molecule has 1 rings (SSSR count). The summed E-state index contributed by atoms with van der Waals surface area (Å²) >= 11 is 0. The Kier molecular flexibility index (Phi) is 4.20. The van der Waals surface area contributed by atoms with E-state index in [-0.39, 0.29) is 11.0 Å². The lowest BCUT2D eigenvalue weighted by Gasteiger charge is -2.11. The average molecular weight is 264 g/mol. The molecule has 1 aromatic rings. The molecule has 18 heavy (non-hydrogen) atoms. The van der Waals surface area contributed by atoms with Gasteiger partial charge in [-0.2, -0.15) is 0 Å². The number of hydrogen-bond acceptors (Lipinski definition) is 5. The van der Waals surface area contributed by atoms with Crippen LogP contribution >= 0.6 is 0 Å². The molecular weight excluding hydrogens is 256 g/mol. The molecule has 0 aliphatic carbocycles. The number of alkyl halides is 3. The zero-order valence-electron chi connectivity index (χ0n) is 9.06. The van der Waals surface area contributed by atoms with Crippen LogP contribution in [0.4, 0.5) is 13.2 Å². The van der Waals surface area contributed by atoms with E-state index in [0.717, 1.165) is 25.3 Å². The van der Waals surface area contributed by atoms with Gasteiger partial charge in [-0.15, -0.1) is 13.2 Å². The molecule has 0 amide bonds. The monoisotopic (exact) mass is 264 g/mol. The summed E-state index contributed by atoms with van der Waals surface area (Å²) < 4.78 is 44.0. The summed E-state index contributed by atoms with van der Waals surface area (Å²) in [6.45, 7) is 0. The fourth-order valence-corrected chi connectivity index (χ4v) is 1.20. The zero-order chi connectivity index (χ0) is 13.9. The molecular formula is C9H8BF3O5. The van der Waals surface area contributed by atoms with Crippen molar-refractivity contribution in [1.29, 1.82) is 0 Å². The van der Waals surface area contributed by atoms with Gasteiger partial charge in [-0.25, -0.2) is 4.79 Å². The van der Waals surface area contributed by atoms with E-state index in [9.17, 15) is 18.0 Å². The molecule has 1 aromatic carbocycles. The lowest BCUT2D eigenvalue weighted by Crippen LogP contribution is -2.31. The number of ether oxygens (including phenoxy) is 2. The summed E-state index contributed by atoms with van der Waals surface area (Å²) in [5.41, 5.74) is -0.612. The lowest BCUT2D eigenvalue weighted by atomic mass is 9.79. The normalized spacial score (nSPS) is 11.0. The summed E-state index contributed by atoms with van der Waals surface area (Å²) in [7, 11) is -1.00. The fourth-order valence-electron chi connectivity index (χ4n) is 1.20. The fraction of sp³-hybridized carbons (Fsp3) is 0.222. The largest absolute Gasteiger partial charge is 0.573 e. The quantitative estimate of drug-likeness (QED) is 0.596. The summed E-state index contributed by atoms with van der Waals surface area (Å²) in [6.07, 6.45) is -4.95. The van der Waals surface area contributed by atoms with Gasteiger partial charge in [0.05, 0.1) is 12.7 Å². The molecule has 2 N–H and O–H groups in total. The molecule has 0 heterocycles. The molecule has 0 unspecified atom stereocenters. The predicted octanol–water partition coefficient (Wildman–Crippen LogP) is 0.0516. The second kappa shape index (κ2) is 5.28. The highest BCUT2D eigenvalue weighted by atomic mass is 19.4. The minimum atomic E-state index is -4.95. The molecule has 0 saturated carbocycles. The van der Waals surface area contributed by atoms with Crippen LogP contribution in [0.2, 0.25) is 0 Å². The van der Waals surface area contributed by atoms with Crippen molar-refractivity contribution in [1.82, 2.24) is 0 Å². The molecule has 0 aliphatic rings. The Balaban J connectivity index is 3.18. The third-order valence-corrected chi connectivity index (χ3v) is 1.88. The molecule has 9 heteroatoms. The maximum atomic E-state index is 12.0. The molecule has 0 bridgehead atoms. The van der Waals surface area contributed by atoms with E-state index >= 15 is 0 Å². The Bertz CT molecular complexity index is 446. The average Bonchev–Trinajstić information content (AvgIpc) is 2.25. The number of rotatable bonds is 3. The van der Waals surface area contributed by atoms with Crippen LogP contribution in [0.1, 0.15) is 10.4 Å². The van der Waals surface area contributed by atoms with Crippen LogP contribution in [0.25, 0.3) is 0 Å². The highest BCUT2D eigenvalue weighted by Crippen LogP contribution is 2.23. The van der Waals surface area contributed by atoms with E-state index in [4.69, 9.17) is 10.0 Å². The smallest absolute Gasteiger partial charge is 0.465 e. The van der Waals surface area contributed by atoms with Crippen LogP contribution in [-0.2, 0) is 4.74 Å². The summed E-state index contributed by atoms with van der Waals surface area (Å²) in [5, 5.41) is 17.8. The van der Waals surface area contributed by atoms with Crippen LogP contribution in [0, 0.1) is 0 Å². The minimum Gasteiger partial charge on any atom is -0.465 e. The minimum absolute atomic E-state index is 0.289. The highest BCUT2D eigenvalue weighted by molar-refractivity contribution is 6.58. The van der Waals surface area contributed by atoms with Crippen LogP contribution in [0.3, 0.4) is 0 Å². The van der Waals surface area contributed by atoms with Crippen molar-refractivity contribution >= 4 is 18.6 Å². The number of halogens is 3. The molecule has 0 radical (unpaired) electrons. The topological polar surface area (TPSA) is 76.0 Å². The number of methoxy groups -OCH3 is 1. The summed E-state index contributed by atoms with van der Waals surface area (Å²) in [4.78, 5) is 11.2. The molecule has 0 spiro atoms. The van der Waals surface area contributed by atoms with Gasteiger partial charge < -0.3 is 19.5 Å². The number of carbonyl (C=O) groups is 1. The maximum absolute atomic E-state index is 12.0. The van der Waals surface area contributed by atoms with Gasteiger partial charge in [0.1, 0.15) is 5.75 Å². The summed E-state index contributed by atoms with van der Waals surface area (Å²) in [6, 6.07) is 2.52. The first-order valence-corrected chi connectivity index (χ1v) is 4.58. The lowest BCUT2D eigenvalue weighted by molar-refractivity contribution is -0.274. The van der Waals surface area contributed by atoms with E-state index < -0.39 is 25.2 Å². The first kappa shape index (κ1) is 14.3. The molecule has 5 nitrogen and oxygen atoms in total. The third kappa shape index (κ3) is 3.93. The maximum Gasteiger partial charge on any atom is 0.573 e. The van der Waals surface area contributed by atoms with Crippen LogP contribution in [-0.4, -0.2) is 36.6 Å². The highest BCUT2D eigenvalue weighted by Gasteiger charge is 2.32. The van der Waals surface area contributed by atoms with E-state index in [1.54, 1.807) is 0 Å². The molecule has 0 atom stereocenters. The van der Waals surface area contributed by atoms with Crippen molar-refractivity contribution in [2.45, 2.75) is 6.36 Å². The van der Waals surface area contributed by atoms with E-state index in [1.807, 2.05) is 0 Å². The first-order valence-electron chi connectivity index (χ1n) is 4.58. The third-order valence-electron chi connectivity index (χ3n) is 1.88. The predicted molar refractivity (Wildman–Crippen MR) is 54.3 cm³/mol. The Morgan fingerprint density at radius 2 is 1.89 bits per heavy atom. The van der Waals surface area contributed by atoms with Crippen molar-refractivity contribution in [3.05, 3.63) is 23.8 Å². The van der Waals surface area contributed by atoms with E-state index in [2.05, 4.69) is 9.47 Å². The number of hydrogen-bond donors (Lipinski definition) is 2. The second-order valence-corrected chi connectivity index (χ2v) is 3.20. The molecule has 98 valence electrons. The zero-order valence-corrected chi connectivity index (χ0v) is 9.06. The van der Waals surface area contributed by atoms with Crippen LogP contribution in [0.15, 0.2) is 18.2 Å². The summed E-state index contributed by atoms with van der Waals surface area (Å²) in [5.74, 6) is -1.67. The number of carbonyl (C=O) groups excluding carboxylic acids is 1. The van der Waals surface area contributed by atoms with Gasteiger partial charge in [-0.1, -0.05) is 0 Å². The van der Waals surface area contributed by atoms with Crippen LogP contribution in [0.5, 0.6) is 5.75 Å². The molecule has 0 aliphatic heterocycles. The van der Waals surface area contributed by atoms with Crippen molar-refractivity contribution in [3.63, 3.8) is 0 Å². The van der Waals surface area contributed by atoms with E-state index in [0.29, 0.717) is 0 Å². The second-order valence-electron chi connectivity index (χ2n) is 3.20. The molecule has 0 aromatic heterocycles. The van der Waals surface area contributed by atoms with Gasteiger partial charge >= 0.3 is 19.5 Å². The first-order chi connectivity index (χ1) is 8.23. The van der Waals surface area contributed by atoms with Gasteiger partial charge in [0.25, 0.3) is 0 Å². The Morgan fingerprint density at radius 1 is 1.28 bits per heavy atom. The van der Waals surface area contributed by atoms with Crippen molar-refractivity contribution in [3.8, 4) is 5.75 Å². The van der Waals surface area contributed by atoms with Gasteiger partial charge in [0, 0.05) is 0 Å². The van der Waals surface area contributed by atoms with Gasteiger partial charge in [0.2, 0.25) is 0 Å². The number of esters is 1. The van der Waals surface area contributed by atoms with Crippen molar-refractivity contribution < 1.29 is 37.5 Å². The van der Waals surface area contributed by atoms with E-state index in [1.165, 1.54) is 0 Å². The SMILES string of the molecule is COC(=O)c1cc(OC(F)(F)F)cc(B(O)O)c1. The standard InChI is InChI=1S/C9H8BF3O5/c1-17-8(14)5-2-6(10(15)16)4-7(3-5)18-9(11,12)13/h2-4,15-16H,1H3. The Morgan fingerprint density at radius 3 is 2.33 bits per heavy atom. The number of benzene rings is 1. The van der Waals surface area contributed by atoms with Crippen molar-refractivity contribution in [2.75, 3.05) is 7.11 Å².